The van der Waals surface area contributed by atoms with Crippen molar-refractivity contribution in [3.63, 3.8) is 0 Å². The molecule has 3 aromatic rings. The number of hydrogen-bond donors (Lipinski definition) is 1. The second-order valence-corrected chi connectivity index (χ2v) is 14.8. The Bertz CT molecular complexity index is 1680. The summed E-state index contributed by atoms with van der Waals surface area (Å²) in [6, 6.07) is 8.89. The van der Waals surface area contributed by atoms with Crippen molar-refractivity contribution in [2.75, 3.05) is 26.2 Å². The molecular formula is C34H44ClN5O6. The summed E-state index contributed by atoms with van der Waals surface area (Å²) in [6.07, 6.45) is 4.43. The van der Waals surface area contributed by atoms with Gasteiger partial charge in [0.2, 0.25) is 5.91 Å². The van der Waals surface area contributed by atoms with Crippen molar-refractivity contribution < 1.29 is 24.2 Å². The van der Waals surface area contributed by atoms with Gasteiger partial charge in [-0.2, -0.15) is 0 Å². The highest BCUT2D eigenvalue weighted by atomic mass is 35.5. The maximum Gasteiger partial charge on any atom is 0.410 e. The van der Waals surface area contributed by atoms with Gasteiger partial charge in [-0.05, 0) is 76.6 Å². The van der Waals surface area contributed by atoms with Crippen LogP contribution in [0.25, 0.3) is 16.7 Å². The van der Waals surface area contributed by atoms with E-state index in [-0.39, 0.29) is 41.7 Å². The van der Waals surface area contributed by atoms with Gasteiger partial charge in [-0.3, -0.25) is 23.6 Å². The SMILES string of the molecule is CC[C@H]1CN(C(=O)OC(C)(C)C)[C@H](c2ccc(-n3c(Cl)cc4c(=O)n(CC5(O)CCN(C(=O)C6(C)CC6)CC5)cnc43)cc2)CO1. The van der Waals surface area contributed by atoms with Crippen molar-refractivity contribution in [3.8, 4) is 5.69 Å². The number of hydrogen-bond acceptors (Lipinski definition) is 7. The number of carbonyl (C=O) groups excluding carboxylic acids is 2. The van der Waals surface area contributed by atoms with E-state index in [0.29, 0.717) is 61.0 Å². The molecule has 12 heteroatoms. The molecule has 46 heavy (non-hydrogen) atoms. The minimum absolute atomic E-state index is 0.0585. The number of fused-ring (bicyclic) bond motifs is 1. The van der Waals surface area contributed by atoms with Gasteiger partial charge in [0.1, 0.15) is 17.1 Å². The molecule has 1 N–H and O–H groups in total. The standard InChI is InChI=1S/C34H44ClN5O6/c1-6-24-18-39(31(43)46-32(2,3)4)26(19-45-24)22-7-9-23(10-8-22)40-27(35)17-25-28(40)36-21-38(29(25)41)20-34(44)13-15-37(16-14-34)30(42)33(5)11-12-33/h7-10,17,21,24,26,44H,6,11-16,18-20H2,1-5H3/t24-,26-/m0/s1. The minimum Gasteiger partial charge on any atom is -0.444 e. The number of halogens is 1. The van der Waals surface area contributed by atoms with Crippen LogP contribution >= 0.6 is 11.6 Å². The minimum atomic E-state index is -1.12. The van der Waals surface area contributed by atoms with Crippen LogP contribution in [0.2, 0.25) is 5.15 Å². The van der Waals surface area contributed by atoms with Crippen LogP contribution < -0.4 is 5.56 Å². The highest BCUT2D eigenvalue weighted by Crippen LogP contribution is 2.47. The van der Waals surface area contributed by atoms with E-state index in [2.05, 4.69) is 4.98 Å². The fourth-order valence-electron chi connectivity index (χ4n) is 6.44. The molecular weight excluding hydrogens is 610 g/mol. The normalized spacial score (nSPS) is 22.6. The summed E-state index contributed by atoms with van der Waals surface area (Å²) in [5.74, 6) is 0.163. The van der Waals surface area contributed by atoms with Crippen LogP contribution in [0.3, 0.4) is 0 Å². The Balaban J connectivity index is 1.20. The van der Waals surface area contributed by atoms with Crippen molar-refractivity contribution in [1.82, 2.24) is 23.9 Å². The number of likely N-dealkylation sites (tertiary alicyclic amines) is 1. The van der Waals surface area contributed by atoms with Crippen LogP contribution in [-0.2, 0) is 20.8 Å². The van der Waals surface area contributed by atoms with Crippen molar-refractivity contribution in [1.29, 1.82) is 0 Å². The lowest BCUT2D eigenvalue weighted by atomic mass is 9.90. The number of morpholine rings is 1. The second-order valence-electron chi connectivity index (χ2n) is 14.4. The van der Waals surface area contributed by atoms with Crippen LogP contribution in [0.1, 0.15) is 78.3 Å². The van der Waals surface area contributed by atoms with Gasteiger partial charge in [0.15, 0.2) is 5.65 Å². The molecule has 4 heterocycles. The lowest BCUT2D eigenvalue weighted by Crippen LogP contribution is -2.51. The van der Waals surface area contributed by atoms with Crippen molar-refractivity contribution >= 4 is 34.6 Å². The Labute approximate surface area is 274 Å². The first-order chi connectivity index (χ1) is 21.7. The number of ether oxygens (including phenoxy) is 2. The molecule has 3 fully saturated rings. The number of rotatable bonds is 6. The summed E-state index contributed by atoms with van der Waals surface area (Å²) >= 11 is 6.68. The Hall–Kier alpha value is -3.41. The average Bonchev–Trinajstić information content (AvgIpc) is 3.68. The smallest absolute Gasteiger partial charge is 0.410 e. The number of amides is 2. The highest BCUT2D eigenvalue weighted by molar-refractivity contribution is 6.31. The fraction of sp³-hybridized carbons (Fsp3) is 0.588. The van der Waals surface area contributed by atoms with Gasteiger partial charge in [0, 0.05) is 24.2 Å². The molecule has 6 rings (SSSR count). The monoisotopic (exact) mass is 653 g/mol. The van der Waals surface area contributed by atoms with Crippen LogP contribution in [0.4, 0.5) is 4.79 Å². The van der Waals surface area contributed by atoms with E-state index in [1.807, 2.05) is 63.8 Å². The van der Waals surface area contributed by atoms with Gasteiger partial charge in [0.05, 0.1) is 42.8 Å². The molecule has 0 unspecified atom stereocenters. The van der Waals surface area contributed by atoms with E-state index < -0.39 is 11.2 Å². The summed E-state index contributed by atoms with van der Waals surface area (Å²) in [5.41, 5.74) is -0.261. The quantitative estimate of drug-likeness (QED) is 0.394. The molecule has 2 aliphatic heterocycles. The molecule has 2 atom stereocenters. The van der Waals surface area contributed by atoms with Crippen LogP contribution in [0.15, 0.2) is 41.5 Å². The van der Waals surface area contributed by atoms with Crippen LogP contribution in [0, 0.1) is 5.41 Å². The van der Waals surface area contributed by atoms with Crippen LogP contribution in [0.5, 0.6) is 0 Å². The molecule has 2 aromatic heterocycles. The third kappa shape index (κ3) is 6.41. The summed E-state index contributed by atoms with van der Waals surface area (Å²) in [6.45, 7) is 11.4. The van der Waals surface area contributed by atoms with Crippen molar-refractivity contribution in [2.45, 2.75) is 96.6 Å². The van der Waals surface area contributed by atoms with E-state index in [4.69, 9.17) is 21.1 Å². The first-order valence-electron chi connectivity index (χ1n) is 16.2. The second kappa shape index (κ2) is 12.0. The number of piperidine rings is 1. The largest absolute Gasteiger partial charge is 0.444 e. The Morgan fingerprint density at radius 3 is 2.41 bits per heavy atom. The van der Waals surface area contributed by atoms with Gasteiger partial charge < -0.3 is 19.5 Å². The predicted octanol–water partition coefficient (Wildman–Crippen LogP) is 5.08. The van der Waals surface area contributed by atoms with E-state index >= 15 is 0 Å². The van der Waals surface area contributed by atoms with Gasteiger partial charge >= 0.3 is 6.09 Å². The van der Waals surface area contributed by atoms with Crippen molar-refractivity contribution in [3.05, 3.63) is 57.7 Å². The molecule has 2 saturated heterocycles. The Kier molecular flexibility index (Phi) is 8.48. The zero-order valence-corrected chi connectivity index (χ0v) is 28.0. The van der Waals surface area contributed by atoms with E-state index in [1.165, 1.54) is 10.9 Å². The first kappa shape index (κ1) is 32.5. The molecule has 0 radical (unpaired) electrons. The van der Waals surface area contributed by atoms with E-state index in [1.54, 1.807) is 15.5 Å². The topological polar surface area (TPSA) is 119 Å². The lowest BCUT2D eigenvalue weighted by molar-refractivity contribution is -0.141. The number of carbonyl (C=O) groups is 2. The molecule has 248 valence electrons. The van der Waals surface area contributed by atoms with Crippen LogP contribution in [-0.4, -0.2) is 84.6 Å². The van der Waals surface area contributed by atoms with Gasteiger partial charge in [-0.15, -0.1) is 0 Å². The number of aliphatic hydroxyl groups is 1. The van der Waals surface area contributed by atoms with Gasteiger partial charge in [-0.25, -0.2) is 9.78 Å². The molecule has 2 amide bonds. The number of aromatic nitrogens is 3. The zero-order valence-electron chi connectivity index (χ0n) is 27.3. The third-order valence-electron chi connectivity index (χ3n) is 9.59. The first-order valence-corrected chi connectivity index (χ1v) is 16.6. The lowest BCUT2D eigenvalue weighted by Gasteiger charge is -2.40. The van der Waals surface area contributed by atoms with Crippen molar-refractivity contribution in [2.24, 2.45) is 5.41 Å². The molecule has 1 aromatic carbocycles. The average molecular weight is 654 g/mol. The third-order valence-corrected chi connectivity index (χ3v) is 9.87. The Morgan fingerprint density at radius 1 is 1.13 bits per heavy atom. The maximum atomic E-state index is 13.6. The molecule has 0 bridgehead atoms. The molecule has 11 nitrogen and oxygen atoms in total. The number of benzene rings is 1. The zero-order chi connectivity index (χ0) is 33.0. The number of nitrogens with zero attached hydrogens (tertiary/aromatic N) is 5. The summed E-state index contributed by atoms with van der Waals surface area (Å²) in [4.78, 5) is 47.6. The van der Waals surface area contributed by atoms with E-state index in [9.17, 15) is 19.5 Å². The molecule has 1 saturated carbocycles. The Morgan fingerprint density at radius 2 is 1.80 bits per heavy atom. The van der Waals surface area contributed by atoms with Gasteiger partial charge in [0.25, 0.3) is 5.56 Å². The highest BCUT2D eigenvalue weighted by Gasteiger charge is 2.48. The summed E-state index contributed by atoms with van der Waals surface area (Å²) in [5, 5.41) is 12.0. The van der Waals surface area contributed by atoms with Gasteiger partial charge in [-0.1, -0.05) is 37.6 Å². The molecule has 0 spiro atoms. The summed E-state index contributed by atoms with van der Waals surface area (Å²) < 4.78 is 14.9. The van der Waals surface area contributed by atoms with E-state index in [0.717, 1.165) is 24.8 Å². The molecule has 3 aliphatic rings. The fourth-order valence-corrected chi connectivity index (χ4v) is 6.72. The summed E-state index contributed by atoms with van der Waals surface area (Å²) in [7, 11) is 0. The maximum absolute atomic E-state index is 13.6. The molecule has 1 aliphatic carbocycles. The predicted molar refractivity (Wildman–Crippen MR) is 174 cm³/mol.